The minimum absolute atomic E-state index is 0.181. The lowest BCUT2D eigenvalue weighted by Crippen LogP contribution is -2.47. The van der Waals surface area contributed by atoms with Gasteiger partial charge in [0.1, 0.15) is 11.6 Å². The van der Waals surface area contributed by atoms with Gasteiger partial charge in [0.2, 0.25) is 5.91 Å². The Balaban J connectivity index is 0.000000573. The number of carbonyl (C=O) groups is 2. The highest BCUT2D eigenvalue weighted by Gasteiger charge is 2.25. The molecule has 1 aromatic carbocycles. The van der Waals surface area contributed by atoms with Crippen molar-refractivity contribution < 1.29 is 14.3 Å². The maximum atomic E-state index is 11.6. The van der Waals surface area contributed by atoms with E-state index in [0.29, 0.717) is 18.3 Å². The molecular weight excluding hydrogens is 713 g/mol. The van der Waals surface area contributed by atoms with Gasteiger partial charge in [0, 0.05) is 76.3 Å². The van der Waals surface area contributed by atoms with Gasteiger partial charge in [0.05, 0.1) is 5.69 Å². The van der Waals surface area contributed by atoms with Crippen molar-refractivity contribution in [3.63, 3.8) is 0 Å². The van der Waals surface area contributed by atoms with Crippen LogP contribution in [0, 0.1) is 24.7 Å². The van der Waals surface area contributed by atoms with Gasteiger partial charge >= 0.3 is 0 Å². The third-order valence-electron chi connectivity index (χ3n) is 10.3. The van der Waals surface area contributed by atoms with Crippen LogP contribution in [0.2, 0.25) is 0 Å². The molecule has 57 heavy (non-hydrogen) atoms. The van der Waals surface area contributed by atoms with Crippen LogP contribution in [0.15, 0.2) is 99.9 Å². The van der Waals surface area contributed by atoms with E-state index in [4.69, 9.17) is 14.8 Å². The van der Waals surface area contributed by atoms with Gasteiger partial charge < -0.3 is 30.1 Å². The Kier molecular flexibility index (Phi) is 19.0. The van der Waals surface area contributed by atoms with Gasteiger partial charge in [-0.25, -0.2) is 9.67 Å². The van der Waals surface area contributed by atoms with Crippen molar-refractivity contribution in [1.29, 1.82) is 0 Å². The molecule has 0 spiro atoms. The van der Waals surface area contributed by atoms with Crippen LogP contribution < -0.4 is 10.6 Å². The van der Waals surface area contributed by atoms with Gasteiger partial charge in [-0.05, 0) is 94.2 Å². The van der Waals surface area contributed by atoms with E-state index < -0.39 is 0 Å². The molecule has 4 rings (SSSR count). The second-order valence-corrected chi connectivity index (χ2v) is 15.7. The molecule has 11 nitrogen and oxygen atoms in total. The predicted molar refractivity (Wildman–Crippen MR) is 235 cm³/mol. The van der Waals surface area contributed by atoms with E-state index in [2.05, 4.69) is 131 Å². The Morgan fingerprint density at radius 3 is 2.40 bits per heavy atom. The van der Waals surface area contributed by atoms with E-state index in [1.807, 2.05) is 42.7 Å². The average molecular weight is 783 g/mol. The van der Waals surface area contributed by atoms with Gasteiger partial charge in [-0.15, -0.1) is 0 Å². The van der Waals surface area contributed by atoms with Crippen LogP contribution in [0.1, 0.15) is 87.1 Å². The summed E-state index contributed by atoms with van der Waals surface area (Å²) in [6.45, 7) is 26.3. The quantitative estimate of drug-likeness (QED) is 0.100. The Hall–Kier alpha value is -4.90. The molecule has 0 saturated carbocycles. The molecule has 2 aliphatic rings. The lowest BCUT2D eigenvalue weighted by Gasteiger charge is -2.38. The largest absolute Gasteiger partial charge is 0.446 e. The first-order chi connectivity index (χ1) is 27.2. The first-order valence-corrected chi connectivity index (χ1v) is 20.7. The maximum Gasteiger partial charge on any atom is 0.294 e. The number of nitrogens with one attached hydrogen (secondary N) is 2. The van der Waals surface area contributed by atoms with Gasteiger partial charge in [-0.3, -0.25) is 9.59 Å². The number of aromatic nitrogens is 2. The number of piperazine rings is 1. The molecular formula is C46H70N8O3. The molecule has 11 heteroatoms. The number of amides is 1. The Labute approximate surface area is 343 Å². The van der Waals surface area contributed by atoms with Crippen molar-refractivity contribution in [3.8, 4) is 11.3 Å². The number of rotatable bonds is 16. The molecule has 3 heterocycles. The van der Waals surface area contributed by atoms with Crippen LogP contribution in [0.5, 0.6) is 0 Å². The van der Waals surface area contributed by atoms with Crippen LogP contribution in [-0.4, -0.2) is 96.2 Å². The van der Waals surface area contributed by atoms with E-state index >= 15 is 0 Å². The van der Waals surface area contributed by atoms with E-state index in [1.54, 1.807) is 0 Å². The summed E-state index contributed by atoms with van der Waals surface area (Å²) < 4.78 is 6.88. The van der Waals surface area contributed by atoms with Crippen LogP contribution in [0.4, 0.5) is 0 Å². The molecule has 1 amide bonds. The fraction of sp³-hybridized carbons (Fsp3) is 0.522. The Bertz CT molecular complexity index is 1810. The number of benzene rings is 1. The fourth-order valence-corrected chi connectivity index (χ4v) is 6.72. The minimum atomic E-state index is 0.181. The van der Waals surface area contributed by atoms with Crippen LogP contribution in [0.3, 0.4) is 0 Å². The molecule has 1 atom stereocenters. The number of ether oxygens (including phenoxy) is 1. The standard InChI is InChI=1S/C35H47N7O2.C11H23NO/c1-8-11-29(21-28(5)39(6)24-44-25-43)31(27(4)9-2)22-33-37-34(23-35(40(33)7)41-18-15-36-16-19-41)42-17-14-32(38-42)30-13-10-12-26(3)20-30;1-6-12-11(13)10(9(4)5)7-8(2)3/h10-14,17,20-23,25,36H,8-9,15-16,18-19,24H2,1-7H3;8-10H,6-7H2,1-5H3,(H,12,13)/b28-21-,29-11+,31-27?,33-22-;. The van der Waals surface area contributed by atoms with Crippen molar-refractivity contribution in [1.82, 2.24) is 35.1 Å². The maximum absolute atomic E-state index is 11.6. The second-order valence-electron chi connectivity index (χ2n) is 15.7. The molecule has 312 valence electrons. The van der Waals surface area contributed by atoms with Crippen LogP contribution in [-0.2, 0) is 14.3 Å². The molecule has 1 unspecified atom stereocenters. The number of nitrogens with zero attached hydrogens (tertiary/aromatic N) is 6. The average Bonchev–Trinajstić information content (AvgIpc) is 3.69. The Morgan fingerprint density at radius 1 is 1.09 bits per heavy atom. The smallest absolute Gasteiger partial charge is 0.294 e. The van der Waals surface area contributed by atoms with Crippen molar-refractivity contribution >= 4 is 18.2 Å². The molecule has 0 radical (unpaired) electrons. The highest BCUT2D eigenvalue weighted by Crippen LogP contribution is 2.29. The SMILES string of the molecule is CC/C=C(\C=C(\C)N(C)COC=O)C(/C=C1/N=C(n2ccc(-c3cccc(C)c3)n2)C=C(N2CCNCC2)N1C)=C(C)CC.CCNC(=O)C(CC(C)C)C(C)C. The van der Waals surface area contributed by atoms with Crippen LogP contribution in [0.25, 0.3) is 11.3 Å². The highest BCUT2D eigenvalue weighted by atomic mass is 16.5. The third kappa shape index (κ3) is 13.9. The van der Waals surface area contributed by atoms with Crippen molar-refractivity contribution in [3.05, 3.63) is 100 Å². The lowest BCUT2D eigenvalue weighted by atomic mass is 9.87. The summed E-state index contributed by atoms with van der Waals surface area (Å²) in [5.74, 6) is 4.14. The topological polar surface area (TPSA) is 107 Å². The summed E-state index contributed by atoms with van der Waals surface area (Å²) in [5, 5.41) is 11.3. The van der Waals surface area contributed by atoms with Gasteiger partial charge in [0.15, 0.2) is 12.6 Å². The summed E-state index contributed by atoms with van der Waals surface area (Å²) in [6.07, 6.45) is 13.5. The van der Waals surface area contributed by atoms with Crippen molar-refractivity contribution in [2.24, 2.45) is 22.7 Å². The predicted octanol–water partition coefficient (Wildman–Crippen LogP) is 8.11. The van der Waals surface area contributed by atoms with E-state index in [-0.39, 0.29) is 18.6 Å². The zero-order valence-corrected chi connectivity index (χ0v) is 36.9. The first-order valence-electron chi connectivity index (χ1n) is 20.7. The molecule has 1 saturated heterocycles. The van der Waals surface area contributed by atoms with Crippen molar-refractivity contribution in [2.45, 2.75) is 88.5 Å². The number of hydrogen-bond donors (Lipinski definition) is 2. The second kappa shape index (κ2) is 23.4. The summed E-state index contributed by atoms with van der Waals surface area (Å²) in [4.78, 5) is 34.1. The number of hydrogen-bond acceptors (Lipinski definition) is 9. The van der Waals surface area contributed by atoms with Gasteiger partial charge in [-0.2, -0.15) is 5.10 Å². The number of carbonyl (C=O) groups excluding carboxylic acids is 2. The van der Waals surface area contributed by atoms with Gasteiger partial charge in [0.25, 0.3) is 6.47 Å². The number of aliphatic imine (C=N–C) groups is 1. The zero-order chi connectivity index (χ0) is 42.1. The van der Waals surface area contributed by atoms with Crippen LogP contribution >= 0.6 is 0 Å². The monoisotopic (exact) mass is 783 g/mol. The Morgan fingerprint density at radius 2 is 1.81 bits per heavy atom. The molecule has 0 bridgehead atoms. The number of aryl methyl sites for hydroxylation is 1. The van der Waals surface area contributed by atoms with E-state index in [9.17, 15) is 9.59 Å². The third-order valence-corrected chi connectivity index (χ3v) is 10.3. The van der Waals surface area contributed by atoms with Crippen molar-refractivity contribution in [2.75, 3.05) is 53.5 Å². The zero-order valence-electron chi connectivity index (χ0n) is 36.9. The minimum Gasteiger partial charge on any atom is -0.446 e. The molecule has 2 aliphatic heterocycles. The molecule has 0 aliphatic carbocycles. The normalized spacial score (nSPS) is 16.8. The summed E-state index contributed by atoms with van der Waals surface area (Å²) >= 11 is 0. The van der Waals surface area contributed by atoms with E-state index in [0.717, 1.165) is 97.6 Å². The summed E-state index contributed by atoms with van der Waals surface area (Å²) in [5.41, 5.74) is 7.70. The fourth-order valence-electron chi connectivity index (χ4n) is 6.72. The van der Waals surface area contributed by atoms with Gasteiger partial charge in [-0.1, -0.05) is 77.0 Å². The number of allylic oxidation sites excluding steroid dienone is 8. The highest BCUT2D eigenvalue weighted by molar-refractivity contribution is 5.96. The molecule has 1 aromatic heterocycles. The lowest BCUT2D eigenvalue weighted by molar-refractivity contribution is -0.132. The summed E-state index contributed by atoms with van der Waals surface area (Å²) in [7, 11) is 4.01. The molecule has 2 aromatic rings. The molecule has 2 N–H and O–H groups in total. The summed E-state index contributed by atoms with van der Waals surface area (Å²) in [6, 6.07) is 10.5. The van der Waals surface area contributed by atoms with E-state index in [1.165, 1.54) is 11.1 Å². The first kappa shape index (κ1) is 46.5. The molecule has 1 fully saturated rings.